The zero-order chi connectivity index (χ0) is 5.11. The lowest BCUT2D eigenvalue weighted by Crippen LogP contribution is -2.28. The Morgan fingerprint density at radius 2 is 1.57 bits per heavy atom. The van der Waals surface area contributed by atoms with Crippen molar-refractivity contribution in [1.82, 2.24) is 0 Å². The summed E-state index contributed by atoms with van der Waals surface area (Å²) < 4.78 is 1.50. The Morgan fingerprint density at radius 3 is 1.86 bits per heavy atom. The van der Waals surface area contributed by atoms with Crippen LogP contribution < -0.4 is 4.48 Å². The van der Waals surface area contributed by atoms with E-state index in [-0.39, 0.29) is 0 Å². The van der Waals surface area contributed by atoms with Gasteiger partial charge in [-0.2, -0.15) is 0 Å². The molecule has 0 fully saturated rings. The maximum atomic E-state index is 5.27. The fraction of sp³-hybridized carbons (Fsp3) is 0. The monoisotopic (exact) mass is 90.1 g/mol. The SMILES string of the molecule is [B][n+]1ccccc1. The molecular formula is C5H5BN+. The van der Waals surface area contributed by atoms with Gasteiger partial charge in [-0.25, -0.2) is 0 Å². The first kappa shape index (κ1) is 4.38. The highest BCUT2D eigenvalue weighted by Gasteiger charge is 1.81. The molecule has 0 spiro atoms. The molecule has 0 bridgehead atoms. The average molecular weight is 89.9 g/mol. The molecule has 0 amide bonds. The lowest BCUT2D eigenvalue weighted by molar-refractivity contribution is -0.521. The van der Waals surface area contributed by atoms with Crippen LogP contribution in [0.3, 0.4) is 0 Å². The highest BCUT2D eigenvalue weighted by atomic mass is 14.8. The first-order chi connectivity index (χ1) is 3.39. The molecule has 0 aliphatic carbocycles. The summed E-state index contributed by atoms with van der Waals surface area (Å²) in [5.74, 6) is 0. The summed E-state index contributed by atoms with van der Waals surface area (Å²) in [5.41, 5.74) is 0. The predicted molar refractivity (Wildman–Crippen MR) is 27.8 cm³/mol. The molecule has 1 heterocycles. The van der Waals surface area contributed by atoms with Gasteiger partial charge in [-0.1, -0.05) is 6.07 Å². The van der Waals surface area contributed by atoms with E-state index >= 15 is 0 Å². The van der Waals surface area contributed by atoms with Crippen molar-refractivity contribution >= 4 is 7.98 Å². The Bertz CT molecular complexity index is 138. The molecule has 0 N–H and O–H groups in total. The Morgan fingerprint density at radius 1 is 1.00 bits per heavy atom. The van der Waals surface area contributed by atoms with Crippen molar-refractivity contribution in [2.75, 3.05) is 0 Å². The van der Waals surface area contributed by atoms with Crippen molar-refractivity contribution in [3.63, 3.8) is 0 Å². The van der Waals surface area contributed by atoms with E-state index in [4.69, 9.17) is 7.98 Å². The van der Waals surface area contributed by atoms with Crippen LogP contribution in [-0.2, 0) is 0 Å². The van der Waals surface area contributed by atoms with Gasteiger partial charge in [0.1, 0.15) is 12.4 Å². The third-order valence-corrected chi connectivity index (χ3v) is 0.739. The summed E-state index contributed by atoms with van der Waals surface area (Å²) >= 11 is 0. The molecule has 0 aliphatic heterocycles. The van der Waals surface area contributed by atoms with Gasteiger partial charge in [0.05, 0.1) is 0 Å². The average Bonchev–Trinajstić information content (AvgIpc) is 1.69. The van der Waals surface area contributed by atoms with Gasteiger partial charge in [-0.05, 0) is 12.1 Å². The molecule has 0 saturated carbocycles. The van der Waals surface area contributed by atoms with Crippen molar-refractivity contribution in [3.8, 4) is 0 Å². The maximum absolute atomic E-state index is 5.27. The van der Waals surface area contributed by atoms with Crippen LogP contribution in [0.5, 0.6) is 0 Å². The second-order valence-corrected chi connectivity index (χ2v) is 1.32. The second-order valence-electron chi connectivity index (χ2n) is 1.32. The Labute approximate surface area is 44.0 Å². The van der Waals surface area contributed by atoms with Crippen LogP contribution >= 0.6 is 0 Å². The van der Waals surface area contributed by atoms with Gasteiger partial charge in [0.25, 0.3) is 0 Å². The normalized spacial score (nSPS) is 8.57. The van der Waals surface area contributed by atoms with Crippen LogP contribution in [0.2, 0.25) is 0 Å². The highest BCUT2D eigenvalue weighted by molar-refractivity contribution is 5.94. The fourth-order valence-corrected chi connectivity index (χ4v) is 0.412. The summed E-state index contributed by atoms with van der Waals surface area (Å²) in [7, 11) is 5.27. The molecule has 0 saturated heterocycles. The summed E-state index contributed by atoms with van der Waals surface area (Å²) in [4.78, 5) is 0. The van der Waals surface area contributed by atoms with E-state index in [0.717, 1.165) is 0 Å². The maximum Gasteiger partial charge on any atom is 0.586 e. The number of aromatic nitrogens is 1. The number of hydrogen-bond donors (Lipinski definition) is 0. The van der Waals surface area contributed by atoms with Gasteiger partial charge in [-0.3, -0.25) is 4.48 Å². The topological polar surface area (TPSA) is 3.88 Å². The third-order valence-electron chi connectivity index (χ3n) is 0.739. The lowest BCUT2D eigenvalue weighted by Gasteiger charge is -1.78. The Kier molecular flexibility index (Phi) is 1.11. The van der Waals surface area contributed by atoms with Crippen molar-refractivity contribution in [1.29, 1.82) is 0 Å². The molecule has 0 unspecified atom stereocenters. The number of hydrogen-bond acceptors (Lipinski definition) is 0. The van der Waals surface area contributed by atoms with Gasteiger partial charge < -0.3 is 0 Å². The van der Waals surface area contributed by atoms with E-state index in [1.807, 2.05) is 18.2 Å². The summed E-state index contributed by atoms with van der Waals surface area (Å²) in [5, 5.41) is 0. The molecule has 0 atom stereocenters. The zero-order valence-corrected chi connectivity index (χ0v) is 3.91. The first-order valence-corrected chi connectivity index (χ1v) is 2.11. The van der Waals surface area contributed by atoms with Gasteiger partial charge >= 0.3 is 7.98 Å². The van der Waals surface area contributed by atoms with E-state index < -0.39 is 0 Å². The van der Waals surface area contributed by atoms with Crippen molar-refractivity contribution in [3.05, 3.63) is 30.6 Å². The molecule has 1 aromatic heterocycles. The minimum absolute atomic E-state index is 1.50. The Hall–Kier alpha value is -0.785. The third kappa shape index (κ3) is 1.04. The quantitative estimate of drug-likeness (QED) is 0.392. The number of pyridine rings is 1. The minimum Gasteiger partial charge on any atom is -0.293 e. The smallest absolute Gasteiger partial charge is 0.293 e. The molecule has 2 radical (unpaired) electrons. The first-order valence-electron chi connectivity index (χ1n) is 2.11. The zero-order valence-electron chi connectivity index (χ0n) is 3.91. The number of rotatable bonds is 0. The Balaban J connectivity index is 3.02. The van der Waals surface area contributed by atoms with E-state index in [1.165, 1.54) is 4.48 Å². The largest absolute Gasteiger partial charge is 0.586 e. The fourth-order valence-electron chi connectivity index (χ4n) is 0.412. The van der Waals surface area contributed by atoms with Crippen LogP contribution in [0.25, 0.3) is 0 Å². The number of nitrogens with zero attached hydrogens (tertiary/aromatic N) is 1. The van der Waals surface area contributed by atoms with Crippen LogP contribution in [0.15, 0.2) is 30.6 Å². The summed E-state index contributed by atoms with van der Waals surface area (Å²) in [6.45, 7) is 0. The van der Waals surface area contributed by atoms with E-state index in [2.05, 4.69) is 0 Å². The van der Waals surface area contributed by atoms with Crippen molar-refractivity contribution < 1.29 is 4.48 Å². The highest BCUT2D eigenvalue weighted by Crippen LogP contribution is 1.71. The van der Waals surface area contributed by atoms with Crippen molar-refractivity contribution in [2.45, 2.75) is 0 Å². The molecule has 1 rings (SSSR count). The van der Waals surface area contributed by atoms with Crippen molar-refractivity contribution in [2.24, 2.45) is 0 Å². The summed E-state index contributed by atoms with van der Waals surface area (Å²) in [6.07, 6.45) is 3.56. The van der Waals surface area contributed by atoms with Crippen LogP contribution in [0.1, 0.15) is 0 Å². The van der Waals surface area contributed by atoms with Gasteiger partial charge in [0.15, 0.2) is 0 Å². The van der Waals surface area contributed by atoms with Crippen LogP contribution in [0, 0.1) is 0 Å². The van der Waals surface area contributed by atoms with Crippen LogP contribution in [-0.4, -0.2) is 7.98 Å². The molecule has 0 aliphatic rings. The second kappa shape index (κ2) is 1.78. The molecule has 2 heteroatoms. The van der Waals surface area contributed by atoms with Gasteiger partial charge in [0.2, 0.25) is 0 Å². The van der Waals surface area contributed by atoms with Crippen LogP contribution in [0.4, 0.5) is 0 Å². The molecule has 32 valence electrons. The van der Waals surface area contributed by atoms with E-state index in [0.29, 0.717) is 0 Å². The van der Waals surface area contributed by atoms with Gasteiger partial charge in [-0.15, -0.1) is 0 Å². The molecule has 1 aromatic rings. The van der Waals surface area contributed by atoms with E-state index in [9.17, 15) is 0 Å². The lowest BCUT2D eigenvalue weighted by atomic mass is 10.3. The minimum atomic E-state index is 1.50. The molecule has 1 nitrogen and oxygen atoms in total. The standard InChI is InChI=1S/C5H5BN/c6-7-4-2-1-3-5-7/h1-5H/q+1. The van der Waals surface area contributed by atoms with E-state index in [1.54, 1.807) is 12.4 Å². The predicted octanol–water partition coefficient (Wildman–Crippen LogP) is -0.0943. The molecular weight excluding hydrogens is 84.9 g/mol. The molecule has 0 aromatic carbocycles. The van der Waals surface area contributed by atoms with Gasteiger partial charge in [0, 0.05) is 0 Å². The molecule has 7 heavy (non-hydrogen) atoms. The summed E-state index contributed by atoms with van der Waals surface area (Å²) in [6, 6.07) is 5.67.